The number of hydrogen-bond donors (Lipinski definition) is 1. The van der Waals surface area contributed by atoms with Crippen molar-refractivity contribution < 1.29 is 14.3 Å². The van der Waals surface area contributed by atoms with E-state index in [-0.39, 0.29) is 5.91 Å². The van der Waals surface area contributed by atoms with Crippen molar-refractivity contribution in [2.45, 2.75) is 26.3 Å². The number of likely N-dealkylation sites (N-methyl/N-ethyl adjacent to an activating group) is 1. The minimum atomic E-state index is -0.673. The van der Waals surface area contributed by atoms with Crippen molar-refractivity contribution in [1.82, 2.24) is 14.9 Å². The smallest absolute Gasteiger partial charge is 0.328 e. The molecule has 19 heavy (non-hydrogen) atoms. The van der Waals surface area contributed by atoms with E-state index in [9.17, 15) is 9.59 Å². The molecule has 6 nitrogen and oxygen atoms in total. The molecule has 1 rings (SSSR count). The van der Waals surface area contributed by atoms with Gasteiger partial charge in [0.2, 0.25) is 5.91 Å². The highest BCUT2D eigenvalue weighted by Gasteiger charge is 2.28. The first kappa shape index (κ1) is 14.9. The summed E-state index contributed by atoms with van der Waals surface area (Å²) in [6.45, 7) is 3.49. The third kappa shape index (κ3) is 3.67. The summed E-state index contributed by atoms with van der Waals surface area (Å²) < 4.78 is 4.76. The Morgan fingerprint density at radius 2 is 2.26 bits per heavy atom. The van der Waals surface area contributed by atoms with Crippen molar-refractivity contribution in [3.8, 4) is 0 Å². The highest BCUT2D eigenvalue weighted by molar-refractivity contribution is 5.95. The van der Waals surface area contributed by atoms with Gasteiger partial charge in [0, 0.05) is 30.9 Å². The molecule has 1 heterocycles. The summed E-state index contributed by atoms with van der Waals surface area (Å²) in [4.78, 5) is 32.1. The number of hydrogen-bond acceptors (Lipinski definition) is 4. The summed E-state index contributed by atoms with van der Waals surface area (Å²) in [7, 11) is 2.90. The maximum atomic E-state index is 12.1. The molecule has 6 heteroatoms. The van der Waals surface area contributed by atoms with Crippen LogP contribution in [-0.2, 0) is 20.7 Å². The predicted octanol–water partition coefficient (Wildman–Crippen LogP) is 0.918. The number of nitrogens with one attached hydrogen (secondary N) is 1. The fraction of sp³-hybridized carbons (Fsp3) is 0.462. The van der Waals surface area contributed by atoms with Crippen molar-refractivity contribution in [2.24, 2.45) is 0 Å². The molecule has 0 aliphatic carbocycles. The van der Waals surface area contributed by atoms with Crippen LogP contribution >= 0.6 is 0 Å². The molecular weight excluding hydrogens is 246 g/mol. The SMILES string of the molecule is CC=C(C)C(=O)N(C)[C@@H](Cc1cnc[nH]1)C(=O)OC. The van der Waals surface area contributed by atoms with Gasteiger partial charge in [-0.25, -0.2) is 9.78 Å². The van der Waals surface area contributed by atoms with Gasteiger partial charge < -0.3 is 14.6 Å². The van der Waals surface area contributed by atoms with Gasteiger partial charge in [-0.2, -0.15) is 0 Å². The summed E-state index contributed by atoms with van der Waals surface area (Å²) in [6.07, 6.45) is 5.20. The zero-order valence-electron chi connectivity index (χ0n) is 11.6. The first-order valence-corrected chi connectivity index (χ1v) is 5.96. The average Bonchev–Trinajstić information content (AvgIpc) is 2.94. The standard InChI is InChI=1S/C13H19N3O3/c1-5-9(2)12(17)16(3)11(13(18)19-4)6-10-7-14-8-15-10/h5,7-8,11H,6H2,1-4H3,(H,14,15)/t11-/m0/s1. The van der Waals surface area contributed by atoms with E-state index in [4.69, 9.17) is 4.74 Å². The van der Waals surface area contributed by atoms with E-state index in [0.717, 1.165) is 5.69 Å². The number of esters is 1. The number of rotatable bonds is 5. The van der Waals surface area contributed by atoms with Crippen LogP contribution in [0.5, 0.6) is 0 Å². The number of aromatic amines is 1. The summed E-state index contributed by atoms with van der Waals surface area (Å²) in [5.41, 5.74) is 1.36. The molecular formula is C13H19N3O3. The normalized spacial score (nSPS) is 12.9. The molecule has 1 aromatic rings. The van der Waals surface area contributed by atoms with Crippen molar-refractivity contribution in [3.05, 3.63) is 29.9 Å². The monoisotopic (exact) mass is 265 g/mol. The van der Waals surface area contributed by atoms with Gasteiger partial charge in [0.05, 0.1) is 13.4 Å². The molecule has 1 atom stereocenters. The Kier molecular flexibility index (Phi) is 5.29. The number of amides is 1. The lowest BCUT2D eigenvalue weighted by molar-refractivity contribution is -0.150. The molecule has 0 radical (unpaired) electrons. The molecule has 0 aliphatic heterocycles. The second-order valence-corrected chi connectivity index (χ2v) is 4.21. The summed E-state index contributed by atoms with van der Waals surface area (Å²) >= 11 is 0. The number of H-pyrrole nitrogens is 1. The van der Waals surface area contributed by atoms with E-state index in [0.29, 0.717) is 12.0 Å². The topological polar surface area (TPSA) is 75.3 Å². The molecule has 0 saturated heterocycles. The Bertz CT molecular complexity index is 465. The molecule has 0 fully saturated rings. The largest absolute Gasteiger partial charge is 0.467 e. The highest BCUT2D eigenvalue weighted by Crippen LogP contribution is 2.10. The molecule has 0 spiro atoms. The van der Waals surface area contributed by atoms with Crippen molar-refractivity contribution >= 4 is 11.9 Å². The number of aromatic nitrogens is 2. The Morgan fingerprint density at radius 3 is 2.74 bits per heavy atom. The molecule has 1 amide bonds. The number of carbonyl (C=O) groups is 2. The van der Waals surface area contributed by atoms with Gasteiger partial charge in [-0.05, 0) is 13.8 Å². The van der Waals surface area contributed by atoms with Crippen molar-refractivity contribution in [1.29, 1.82) is 0 Å². The Morgan fingerprint density at radius 1 is 1.58 bits per heavy atom. The number of carbonyl (C=O) groups excluding carboxylic acids is 2. The van der Waals surface area contributed by atoms with Gasteiger partial charge in [0.25, 0.3) is 0 Å². The van der Waals surface area contributed by atoms with Gasteiger partial charge in [-0.1, -0.05) is 6.08 Å². The molecule has 1 N–H and O–H groups in total. The average molecular weight is 265 g/mol. The Hall–Kier alpha value is -2.11. The van der Waals surface area contributed by atoms with Crippen LogP contribution in [0.25, 0.3) is 0 Å². The van der Waals surface area contributed by atoms with Crippen molar-refractivity contribution in [3.63, 3.8) is 0 Å². The van der Waals surface area contributed by atoms with E-state index in [2.05, 4.69) is 9.97 Å². The molecule has 0 aliphatic rings. The molecule has 0 aromatic carbocycles. The number of allylic oxidation sites excluding steroid dienone is 1. The lowest BCUT2D eigenvalue weighted by Gasteiger charge is -2.26. The van der Waals surface area contributed by atoms with Gasteiger partial charge in [0.15, 0.2) is 0 Å². The minimum Gasteiger partial charge on any atom is -0.467 e. The maximum Gasteiger partial charge on any atom is 0.328 e. The quantitative estimate of drug-likeness (QED) is 0.634. The van der Waals surface area contributed by atoms with E-state index in [1.54, 1.807) is 33.2 Å². The zero-order chi connectivity index (χ0) is 14.4. The third-order valence-corrected chi connectivity index (χ3v) is 3.00. The first-order valence-electron chi connectivity index (χ1n) is 5.96. The Labute approximate surface area is 112 Å². The number of nitrogens with zero attached hydrogens (tertiary/aromatic N) is 2. The van der Waals surface area contributed by atoms with Gasteiger partial charge in [-0.3, -0.25) is 4.79 Å². The fourth-order valence-corrected chi connectivity index (χ4v) is 1.66. The third-order valence-electron chi connectivity index (χ3n) is 3.00. The van der Waals surface area contributed by atoms with Crippen LogP contribution in [0.15, 0.2) is 24.2 Å². The second kappa shape index (κ2) is 6.72. The number of imidazole rings is 1. The second-order valence-electron chi connectivity index (χ2n) is 4.21. The van der Waals surface area contributed by atoms with Crippen LogP contribution in [0, 0.1) is 0 Å². The summed E-state index contributed by atoms with van der Waals surface area (Å²) in [5, 5.41) is 0. The van der Waals surface area contributed by atoms with Gasteiger partial charge in [0.1, 0.15) is 6.04 Å². The fourth-order valence-electron chi connectivity index (χ4n) is 1.66. The zero-order valence-corrected chi connectivity index (χ0v) is 11.6. The molecule has 0 bridgehead atoms. The molecule has 0 unspecified atom stereocenters. The maximum absolute atomic E-state index is 12.1. The summed E-state index contributed by atoms with van der Waals surface area (Å²) in [6, 6.07) is -0.673. The van der Waals surface area contributed by atoms with Gasteiger partial charge in [-0.15, -0.1) is 0 Å². The van der Waals surface area contributed by atoms with E-state index < -0.39 is 12.0 Å². The van der Waals surface area contributed by atoms with Crippen LogP contribution in [0.3, 0.4) is 0 Å². The lowest BCUT2D eigenvalue weighted by atomic mass is 10.1. The molecule has 104 valence electrons. The number of ether oxygens (including phenoxy) is 1. The molecule has 0 saturated carbocycles. The van der Waals surface area contributed by atoms with Crippen LogP contribution in [0.4, 0.5) is 0 Å². The van der Waals surface area contributed by atoms with Crippen LogP contribution in [0.1, 0.15) is 19.5 Å². The van der Waals surface area contributed by atoms with E-state index in [1.165, 1.54) is 18.3 Å². The van der Waals surface area contributed by atoms with Crippen molar-refractivity contribution in [2.75, 3.05) is 14.2 Å². The predicted molar refractivity (Wildman–Crippen MR) is 70.3 cm³/mol. The summed E-state index contributed by atoms with van der Waals surface area (Å²) in [5.74, 6) is -0.647. The van der Waals surface area contributed by atoms with E-state index >= 15 is 0 Å². The lowest BCUT2D eigenvalue weighted by Crippen LogP contribution is -2.44. The van der Waals surface area contributed by atoms with Crippen LogP contribution in [0.2, 0.25) is 0 Å². The molecule has 1 aromatic heterocycles. The first-order chi connectivity index (χ1) is 9.01. The van der Waals surface area contributed by atoms with Gasteiger partial charge >= 0.3 is 5.97 Å². The minimum absolute atomic E-state index is 0.197. The number of methoxy groups -OCH3 is 1. The van der Waals surface area contributed by atoms with Crippen LogP contribution < -0.4 is 0 Å². The Balaban J connectivity index is 2.91. The van der Waals surface area contributed by atoms with Crippen LogP contribution in [-0.4, -0.2) is 46.9 Å². The highest BCUT2D eigenvalue weighted by atomic mass is 16.5. The van der Waals surface area contributed by atoms with E-state index in [1.807, 2.05) is 0 Å².